The van der Waals surface area contributed by atoms with Crippen molar-refractivity contribution in [2.75, 3.05) is 27.2 Å². The quantitative estimate of drug-likeness (QED) is 0.760. The standard InChI is InChI=1S/C13H25N3O2.ClH/c1-10(17)15-12(11-6-4-5-7-11)13(18)16(3)9-8-14-2;/h11-12,14H,4-9H2,1-3H3,(H,15,17);1H. The SMILES string of the molecule is CNCCN(C)C(=O)C(NC(C)=O)C1CCCC1.Cl. The first-order valence-corrected chi connectivity index (χ1v) is 6.73. The molecule has 0 bridgehead atoms. The molecule has 1 unspecified atom stereocenters. The molecule has 0 aromatic heterocycles. The predicted octanol–water partition coefficient (Wildman–Crippen LogP) is 0.781. The van der Waals surface area contributed by atoms with Gasteiger partial charge in [0.05, 0.1) is 0 Å². The molecule has 1 atom stereocenters. The van der Waals surface area contributed by atoms with Gasteiger partial charge in [0.2, 0.25) is 11.8 Å². The van der Waals surface area contributed by atoms with Crippen LogP contribution in [0, 0.1) is 5.92 Å². The van der Waals surface area contributed by atoms with Crippen LogP contribution in [0.25, 0.3) is 0 Å². The molecule has 2 amide bonds. The predicted molar refractivity (Wildman–Crippen MR) is 78.4 cm³/mol. The zero-order valence-electron chi connectivity index (χ0n) is 12.1. The fourth-order valence-corrected chi connectivity index (χ4v) is 2.52. The van der Waals surface area contributed by atoms with Gasteiger partial charge in [-0.15, -0.1) is 12.4 Å². The van der Waals surface area contributed by atoms with Gasteiger partial charge in [0.25, 0.3) is 0 Å². The lowest BCUT2D eigenvalue weighted by Crippen LogP contribution is -2.51. The van der Waals surface area contributed by atoms with E-state index in [2.05, 4.69) is 10.6 Å². The molecule has 0 spiro atoms. The molecule has 6 heteroatoms. The molecule has 1 aliphatic rings. The number of nitrogens with zero attached hydrogens (tertiary/aromatic N) is 1. The number of nitrogens with one attached hydrogen (secondary N) is 2. The lowest BCUT2D eigenvalue weighted by atomic mass is 9.96. The Morgan fingerprint density at radius 3 is 2.37 bits per heavy atom. The van der Waals surface area contributed by atoms with E-state index in [1.54, 1.807) is 11.9 Å². The van der Waals surface area contributed by atoms with Crippen molar-refractivity contribution in [3.05, 3.63) is 0 Å². The van der Waals surface area contributed by atoms with Crippen molar-refractivity contribution in [2.45, 2.75) is 38.6 Å². The highest BCUT2D eigenvalue weighted by atomic mass is 35.5. The van der Waals surface area contributed by atoms with Crippen LogP contribution in [0.5, 0.6) is 0 Å². The summed E-state index contributed by atoms with van der Waals surface area (Å²) in [5, 5.41) is 5.85. The molecule has 1 rings (SSSR count). The summed E-state index contributed by atoms with van der Waals surface area (Å²) in [5.74, 6) is 0.216. The van der Waals surface area contributed by atoms with Crippen LogP contribution in [-0.4, -0.2) is 49.9 Å². The molecule has 0 radical (unpaired) electrons. The maximum Gasteiger partial charge on any atom is 0.245 e. The summed E-state index contributed by atoms with van der Waals surface area (Å²) in [6, 6.07) is -0.341. The van der Waals surface area contributed by atoms with Gasteiger partial charge in [0, 0.05) is 27.1 Å². The third-order valence-corrected chi connectivity index (χ3v) is 3.57. The topological polar surface area (TPSA) is 61.4 Å². The van der Waals surface area contributed by atoms with E-state index >= 15 is 0 Å². The molecule has 1 aliphatic carbocycles. The first-order valence-electron chi connectivity index (χ1n) is 6.73. The Hall–Kier alpha value is -0.810. The number of hydrogen-bond acceptors (Lipinski definition) is 3. The van der Waals surface area contributed by atoms with Crippen LogP contribution >= 0.6 is 12.4 Å². The molecule has 1 fully saturated rings. The zero-order valence-corrected chi connectivity index (χ0v) is 12.9. The Labute approximate surface area is 121 Å². The maximum atomic E-state index is 12.4. The van der Waals surface area contributed by atoms with E-state index in [0.717, 1.165) is 32.2 Å². The molecule has 0 saturated heterocycles. The smallest absolute Gasteiger partial charge is 0.245 e. The number of halogens is 1. The van der Waals surface area contributed by atoms with Gasteiger partial charge < -0.3 is 15.5 Å². The van der Waals surface area contributed by atoms with Gasteiger partial charge in [-0.2, -0.15) is 0 Å². The Morgan fingerprint density at radius 1 is 1.32 bits per heavy atom. The normalized spacial score (nSPS) is 16.6. The van der Waals surface area contributed by atoms with Crippen molar-refractivity contribution in [1.29, 1.82) is 0 Å². The van der Waals surface area contributed by atoms with Gasteiger partial charge in [-0.1, -0.05) is 12.8 Å². The number of amides is 2. The molecule has 112 valence electrons. The third-order valence-electron chi connectivity index (χ3n) is 3.57. The highest BCUT2D eigenvalue weighted by Crippen LogP contribution is 2.28. The Kier molecular flexibility index (Phi) is 8.76. The summed E-state index contributed by atoms with van der Waals surface area (Å²) < 4.78 is 0. The van der Waals surface area contributed by atoms with Gasteiger partial charge >= 0.3 is 0 Å². The lowest BCUT2D eigenvalue weighted by molar-refractivity contribution is -0.136. The van der Waals surface area contributed by atoms with E-state index in [1.807, 2.05) is 7.05 Å². The van der Waals surface area contributed by atoms with Crippen LogP contribution in [0.3, 0.4) is 0 Å². The number of carbonyl (C=O) groups is 2. The Balaban J connectivity index is 0.00000324. The minimum Gasteiger partial charge on any atom is -0.344 e. The number of rotatable bonds is 6. The first kappa shape index (κ1) is 18.2. The fourth-order valence-electron chi connectivity index (χ4n) is 2.52. The van der Waals surface area contributed by atoms with Crippen LogP contribution in [0.15, 0.2) is 0 Å². The second kappa shape index (κ2) is 9.15. The monoisotopic (exact) mass is 291 g/mol. The number of likely N-dealkylation sites (N-methyl/N-ethyl adjacent to an activating group) is 2. The van der Waals surface area contributed by atoms with Gasteiger partial charge in [0.1, 0.15) is 6.04 Å². The molecule has 0 aromatic rings. The maximum absolute atomic E-state index is 12.4. The van der Waals surface area contributed by atoms with Crippen molar-refractivity contribution < 1.29 is 9.59 Å². The van der Waals surface area contributed by atoms with Gasteiger partial charge in [-0.25, -0.2) is 0 Å². The zero-order chi connectivity index (χ0) is 13.5. The fraction of sp³-hybridized carbons (Fsp3) is 0.846. The molecular formula is C13H26ClN3O2. The Morgan fingerprint density at radius 2 is 1.89 bits per heavy atom. The third kappa shape index (κ3) is 5.78. The summed E-state index contributed by atoms with van der Waals surface area (Å²) in [7, 11) is 3.66. The van der Waals surface area contributed by atoms with Crippen molar-refractivity contribution in [3.63, 3.8) is 0 Å². The molecular weight excluding hydrogens is 266 g/mol. The molecule has 2 N–H and O–H groups in total. The molecule has 5 nitrogen and oxygen atoms in total. The largest absolute Gasteiger partial charge is 0.344 e. The molecule has 19 heavy (non-hydrogen) atoms. The number of carbonyl (C=O) groups excluding carboxylic acids is 2. The van der Waals surface area contributed by atoms with E-state index in [9.17, 15) is 9.59 Å². The molecule has 1 saturated carbocycles. The van der Waals surface area contributed by atoms with E-state index in [1.165, 1.54) is 6.92 Å². The van der Waals surface area contributed by atoms with Gasteiger partial charge in [-0.3, -0.25) is 9.59 Å². The van der Waals surface area contributed by atoms with E-state index in [-0.39, 0.29) is 30.3 Å². The second-order valence-corrected chi connectivity index (χ2v) is 5.09. The highest BCUT2D eigenvalue weighted by molar-refractivity contribution is 5.87. The van der Waals surface area contributed by atoms with Crippen molar-refractivity contribution in [1.82, 2.24) is 15.5 Å². The van der Waals surface area contributed by atoms with Crippen LogP contribution in [0.2, 0.25) is 0 Å². The second-order valence-electron chi connectivity index (χ2n) is 5.09. The van der Waals surface area contributed by atoms with Crippen molar-refractivity contribution >= 4 is 24.2 Å². The molecule has 0 heterocycles. The molecule has 0 aliphatic heterocycles. The minimum absolute atomic E-state index is 0. The van der Waals surface area contributed by atoms with Gasteiger partial charge in [-0.05, 0) is 25.8 Å². The minimum atomic E-state index is -0.341. The van der Waals surface area contributed by atoms with E-state index < -0.39 is 0 Å². The highest BCUT2D eigenvalue weighted by Gasteiger charge is 2.32. The van der Waals surface area contributed by atoms with Crippen LogP contribution in [0.1, 0.15) is 32.6 Å². The average Bonchev–Trinajstić information content (AvgIpc) is 2.85. The first-order chi connectivity index (χ1) is 8.56. The van der Waals surface area contributed by atoms with Crippen molar-refractivity contribution in [2.24, 2.45) is 5.92 Å². The summed E-state index contributed by atoms with van der Waals surface area (Å²) in [6.07, 6.45) is 4.40. The van der Waals surface area contributed by atoms with E-state index in [0.29, 0.717) is 12.5 Å². The van der Waals surface area contributed by atoms with Crippen LogP contribution in [0.4, 0.5) is 0 Å². The summed E-state index contributed by atoms with van der Waals surface area (Å²) >= 11 is 0. The van der Waals surface area contributed by atoms with Gasteiger partial charge in [0.15, 0.2) is 0 Å². The summed E-state index contributed by atoms with van der Waals surface area (Å²) in [5.41, 5.74) is 0. The van der Waals surface area contributed by atoms with Crippen LogP contribution in [-0.2, 0) is 9.59 Å². The summed E-state index contributed by atoms with van der Waals surface area (Å²) in [4.78, 5) is 25.3. The average molecular weight is 292 g/mol. The molecule has 0 aromatic carbocycles. The van der Waals surface area contributed by atoms with E-state index in [4.69, 9.17) is 0 Å². The van der Waals surface area contributed by atoms with Crippen molar-refractivity contribution in [3.8, 4) is 0 Å². The summed E-state index contributed by atoms with van der Waals surface area (Å²) in [6.45, 7) is 2.90. The number of hydrogen-bond donors (Lipinski definition) is 2. The Bertz CT molecular complexity index is 294. The lowest BCUT2D eigenvalue weighted by Gasteiger charge is -2.28. The van der Waals surface area contributed by atoms with Crippen LogP contribution < -0.4 is 10.6 Å².